The number of carbonyl (C=O) groups is 1. The SMILES string of the molecule is COC(=O)CC1(C(C)(C)N)CCCC1. The molecular weight excluding hydrogens is 178 g/mol. The van der Waals surface area contributed by atoms with Gasteiger partial charge < -0.3 is 10.5 Å². The first kappa shape index (κ1) is 11.5. The molecule has 0 aromatic heterocycles. The van der Waals surface area contributed by atoms with Gasteiger partial charge in [-0.25, -0.2) is 0 Å². The zero-order chi connectivity index (χ0) is 10.8. The molecule has 2 N–H and O–H groups in total. The Hall–Kier alpha value is -0.570. The van der Waals surface area contributed by atoms with E-state index in [0.717, 1.165) is 12.8 Å². The number of ether oxygens (including phenoxy) is 1. The van der Waals surface area contributed by atoms with Crippen molar-refractivity contribution in [3.63, 3.8) is 0 Å². The molecule has 0 bridgehead atoms. The lowest BCUT2D eigenvalue weighted by atomic mass is 9.68. The van der Waals surface area contributed by atoms with Crippen LogP contribution in [0.5, 0.6) is 0 Å². The highest BCUT2D eigenvalue weighted by Gasteiger charge is 2.46. The highest BCUT2D eigenvalue weighted by molar-refractivity contribution is 5.70. The number of methoxy groups -OCH3 is 1. The van der Waals surface area contributed by atoms with Gasteiger partial charge in [0.25, 0.3) is 0 Å². The molecule has 1 rings (SSSR count). The molecule has 0 amide bonds. The third-order valence-electron chi connectivity index (χ3n) is 3.64. The predicted octanol–water partition coefficient (Wildman–Crippen LogP) is 1.85. The second-order valence-electron chi connectivity index (χ2n) is 4.96. The first-order chi connectivity index (χ1) is 6.41. The van der Waals surface area contributed by atoms with Crippen molar-refractivity contribution in [2.24, 2.45) is 11.1 Å². The van der Waals surface area contributed by atoms with Crippen molar-refractivity contribution >= 4 is 5.97 Å². The Morgan fingerprint density at radius 3 is 2.29 bits per heavy atom. The van der Waals surface area contributed by atoms with Crippen molar-refractivity contribution in [2.45, 2.75) is 51.5 Å². The zero-order valence-corrected chi connectivity index (χ0v) is 9.43. The average molecular weight is 199 g/mol. The highest BCUT2D eigenvalue weighted by Crippen LogP contribution is 2.48. The topological polar surface area (TPSA) is 52.3 Å². The minimum atomic E-state index is -0.294. The Labute approximate surface area is 86.0 Å². The molecule has 0 heterocycles. The van der Waals surface area contributed by atoms with Gasteiger partial charge in [0.1, 0.15) is 0 Å². The fourth-order valence-electron chi connectivity index (χ4n) is 2.45. The summed E-state index contributed by atoms with van der Waals surface area (Å²) in [7, 11) is 1.44. The first-order valence-electron chi connectivity index (χ1n) is 5.27. The molecule has 0 radical (unpaired) electrons. The molecule has 0 aromatic rings. The zero-order valence-electron chi connectivity index (χ0n) is 9.43. The minimum absolute atomic E-state index is 0.0416. The molecule has 1 aliphatic rings. The molecule has 82 valence electrons. The van der Waals surface area contributed by atoms with Crippen molar-refractivity contribution in [3.8, 4) is 0 Å². The molecule has 0 unspecified atom stereocenters. The number of hydrogen-bond acceptors (Lipinski definition) is 3. The first-order valence-corrected chi connectivity index (χ1v) is 5.27. The van der Waals surface area contributed by atoms with Crippen LogP contribution in [-0.2, 0) is 9.53 Å². The molecule has 1 fully saturated rings. The average Bonchev–Trinajstić information content (AvgIpc) is 2.52. The summed E-state index contributed by atoms with van der Waals surface area (Å²) in [5.41, 5.74) is 5.84. The molecule has 0 atom stereocenters. The standard InChI is InChI=1S/C11H21NO2/c1-10(2,12)11(6-4-5-7-11)8-9(13)14-3/h4-8,12H2,1-3H3. The van der Waals surface area contributed by atoms with Gasteiger partial charge in [0.15, 0.2) is 0 Å². The maximum Gasteiger partial charge on any atom is 0.306 e. The molecule has 14 heavy (non-hydrogen) atoms. The Bertz CT molecular complexity index is 212. The summed E-state index contributed by atoms with van der Waals surface area (Å²) in [5.74, 6) is -0.134. The predicted molar refractivity (Wildman–Crippen MR) is 55.8 cm³/mol. The highest BCUT2D eigenvalue weighted by atomic mass is 16.5. The van der Waals surface area contributed by atoms with Gasteiger partial charge in [0.05, 0.1) is 13.5 Å². The molecule has 0 saturated heterocycles. The maximum atomic E-state index is 11.3. The van der Waals surface area contributed by atoms with Crippen LogP contribution in [-0.4, -0.2) is 18.6 Å². The van der Waals surface area contributed by atoms with E-state index in [1.165, 1.54) is 20.0 Å². The van der Waals surface area contributed by atoms with Crippen molar-refractivity contribution < 1.29 is 9.53 Å². The molecule has 0 aromatic carbocycles. The summed E-state index contributed by atoms with van der Waals surface area (Å²) >= 11 is 0. The third kappa shape index (κ3) is 2.08. The quantitative estimate of drug-likeness (QED) is 0.706. The van der Waals surface area contributed by atoms with E-state index in [-0.39, 0.29) is 16.9 Å². The Kier molecular flexibility index (Phi) is 3.20. The number of nitrogens with two attached hydrogens (primary N) is 1. The third-order valence-corrected chi connectivity index (χ3v) is 3.64. The van der Waals surface area contributed by atoms with Crippen LogP contribution in [0.3, 0.4) is 0 Å². The fraction of sp³-hybridized carbons (Fsp3) is 0.909. The van der Waals surface area contributed by atoms with Gasteiger partial charge in [0, 0.05) is 5.54 Å². The molecule has 1 saturated carbocycles. The molecular formula is C11H21NO2. The summed E-state index contributed by atoms with van der Waals surface area (Å²) in [6.45, 7) is 4.03. The van der Waals surface area contributed by atoms with Gasteiger partial charge in [-0.3, -0.25) is 4.79 Å². The van der Waals surface area contributed by atoms with Crippen LogP contribution < -0.4 is 5.73 Å². The van der Waals surface area contributed by atoms with Gasteiger partial charge >= 0.3 is 5.97 Å². The van der Waals surface area contributed by atoms with Crippen molar-refractivity contribution in [1.82, 2.24) is 0 Å². The maximum absolute atomic E-state index is 11.3. The largest absolute Gasteiger partial charge is 0.469 e. The van der Waals surface area contributed by atoms with Gasteiger partial charge in [0.2, 0.25) is 0 Å². The molecule has 0 aliphatic heterocycles. The lowest BCUT2D eigenvalue weighted by molar-refractivity contribution is -0.144. The molecule has 1 aliphatic carbocycles. The number of esters is 1. The molecule has 0 spiro atoms. The smallest absolute Gasteiger partial charge is 0.306 e. The summed E-state index contributed by atoms with van der Waals surface area (Å²) < 4.78 is 4.74. The minimum Gasteiger partial charge on any atom is -0.469 e. The Morgan fingerprint density at radius 1 is 1.43 bits per heavy atom. The molecule has 3 heteroatoms. The van der Waals surface area contributed by atoms with E-state index in [1.54, 1.807) is 0 Å². The van der Waals surface area contributed by atoms with Crippen LogP contribution in [0.15, 0.2) is 0 Å². The van der Waals surface area contributed by atoms with E-state index in [4.69, 9.17) is 10.5 Å². The van der Waals surface area contributed by atoms with Crippen LogP contribution in [0.1, 0.15) is 46.0 Å². The van der Waals surface area contributed by atoms with E-state index in [2.05, 4.69) is 0 Å². The van der Waals surface area contributed by atoms with Crippen LogP contribution >= 0.6 is 0 Å². The van der Waals surface area contributed by atoms with Crippen LogP contribution in [0, 0.1) is 5.41 Å². The van der Waals surface area contributed by atoms with E-state index in [0.29, 0.717) is 6.42 Å². The number of rotatable bonds is 3. The van der Waals surface area contributed by atoms with Crippen LogP contribution in [0.2, 0.25) is 0 Å². The van der Waals surface area contributed by atoms with Crippen molar-refractivity contribution in [2.75, 3.05) is 7.11 Å². The Morgan fingerprint density at radius 2 is 1.93 bits per heavy atom. The van der Waals surface area contributed by atoms with Crippen LogP contribution in [0.4, 0.5) is 0 Å². The summed E-state index contributed by atoms with van der Waals surface area (Å²) in [4.78, 5) is 11.3. The normalized spacial score (nSPS) is 20.9. The lowest BCUT2D eigenvalue weighted by Crippen LogP contribution is -2.50. The van der Waals surface area contributed by atoms with E-state index < -0.39 is 0 Å². The van der Waals surface area contributed by atoms with Crippen LogP contribution in [0.25, 0.3) is 0 Å². The fourth-order valence-corrected chi connectivity index (χ4v) is 2.45. The number of hydrogen-bond donors (Lipinski definition) is 1. The second kappa shape index (κ2) is 3.89. The lowest BCUT2D eigenvalue weighted by Gasteiger charge is -2.41. The summed E-state index contributed by atoms with van der Waals surface area (Å²) in [6.07, 6.45) is 4.92. The van der Waals surface area contributed by atoms with E-state index in [9.17, 15) is 4.79 Å². The summed E-state index contributed by atoms with van der Waals surface area (Å²) in [6, 6.07) is 0. The molecule has 3 nitrogen and oxygen atoms in total. The second-order valence-corrected chi connectivity index (χ2v) is 4.96. The van der Waals surface area contributed by atoms with E-state index in [1.807, 2.05) is 13.8 Å². The van der Waals surface area contributed by atoms with Gasteiger partial charge in [-0.2, -0.15) is 0 Å². The van der Waals surface area contributed by atoms with Crippen molar-refractivity contribution in [1.29, 1.82) is 0 Å². The monoisotopic (exact) mass is 199 g/mol. The van der Waals surface area contributed by atoms with Gasteiger partial charge in [-0.15, -0.1) is 0 Å². The van der Waals surface area contributed by atoms with Crippen molar-refractivity contribution in [3.05, 3.63) is 0 Å². The number of carbonyl (C=O) groups excluding carboxylic acids is 1. The summed E-state index contributed by atoms with van der Waals surface area (Å²) in [5, 5.41) is 0. The Balaban J connectivity index is 2.77. The van der Waals surface area contributed by atoms with Gasteiger partial charge in [-0.1, -0.05) is 12.8 Å². The van der Waals surface area contributed by atoms with E-state index >= 15 is 0 Å². The van der Waals surface area contributed by atoms with Gasteiger partial charge in [-0.05, 0) is 32.1 Å².